The summed E-state index contributed by atoms with van der Waals surface area (Å²) in [7, 11) is 0. The van der Waals surface area contributed by atoms with E-state index in [4.69, 9.17) is 14.0 Å². The van der Waals surface area contributed by atoms with Gasteiger partial charge in [-0.3, -0.25) is 14.6 Å². The van der Waals surface area contributed by atoms with E-state index in [0.29, 0.717) is 37.5 Å². The molecule has 4 heterocycles. The van der Waals surface area contributed by atoms with Crippen LogP contribution >= 0.6 is 0 Å². The van der Waals surface area contributed by atoms with Crippen molar-refractivity contribution < 1.29 is 28.7 Å². The van der Waals surface area contributed by atoms with Crippen LogP contribution in [0.5, 0.6) is 0 Å². The summed E-state index contributed by atoms with van der Waals surface area (Å²) in [6, 6.07) is 7.05. The molecule has 0 bridgehead atoms. The molecule has 34 heavy (non-hydrogen) atoms. The van der Waals surface area contributed by atoms with Gasteiger partial charge in [0.15, 0.2) is 6.29 Å². The van der Waals surface area contributed by atoms with Crippen LogP contribution in [0.4, 0.5) is 10.6 Å². The minimum atomic E-state index is -1.04. The third kappa shape index (κ3) is 6.43. The van der Waals surface area contributed by atoms with E-state index in [0.717, 1.165) is 37.3 Å². The van der Waals surface area contributed by atoms with Crippen LogP contribution in [0.3, 0.4) is 0 Å². The predicted molar refractivity (Wildman–Crippen MR) is 124 cm³/mol. The lowest BCUT2D eigenvalue weighted by Crippen LogP contribution is -2.41. The molecule has 4 rings (SSSR count). The van der Waals surface area contributed by atoms with Crippen molar-refractivity contribution in [2.75, 3.05) is 24.6 Å². The number of carbonyl (C=O) groups excluding carboxylic acids is 1. The number of carbonyl (C=O) groups is 2. The average molecular weight is 471 g/mol. The van der Waals surface area contributed by atoms with E-state index in [1.807, 2.05) is 19.1 Å². The average Bonchev–Trinajstić information content (AvgIpc) is 3.46. The SMILES string of the molecule is Cc1ccc(CN2CC[C@@H](N(C(=O)O)c3ccc(/C=C/C(=O)NOC4CCCCO4)cn3)C2)o1. The minimum Gasteiger partial charge on any atom is -0.465 e. The summed E-state index contributed by atoms with van der Waals surface area (Å²) in [6.07, 6.45) is 6.46. The number of pyridine rings is 1. The molecule has 182 valence electrons. The summed E-state index contributed by atoms with van der Waals surface area (Å²) in [4.78, 5) is 37.0. The lowest BCUT2D eigenvalue weighted by Gasteiger charge is -2.25. The van der Waals surface area contributed by atoms with Crippen LogP contribution in [-0.4, -0.2) is 59.0 Å². The van der Waals surface area contributed by atoms with Crippen molar-refractivity contribution in [2.45, 2.75) is 51.5 Å². The van der Waals surface area contributed by atoms with Gasteiger partial charge in [0.05, 0.1) is 12.6 Å². The molecule has 0 aromatic carbocycles. The normalized spacial score (nSPS) is 21.1. The fraction of sp³-hybridized carbons (Fsp3) is 0.458. The van der Waals surface area contributed by atoms with Crippen LogP contribution in [0, 0.1) is 6.92 Å². The maximum Gasteiger partial charge on any atom is 0.413 e. The van der Waals surface area contributed by atoms with Crippen molar-refractivity contribution in [1.82, 2.24) is 15.4 Å². The van der Waals surface area contributed by atoms with E-state index in [2.05, 4.69) is 15.4 Å². The summed E-state index contributed by atoms with van der Waals surface area (Å²) < 4.78 is 11.0. The standard InChI is InChI=1S/C24H30N4O6/c1-17-5-8-20(33-17)16-27-12-11-19(15-27)28(24(30)31)21-9-6-18(14-25-21)7-10-22(29)26-34-23-4-2-3-13-32-23/h5-10,14,19,23H,2-4,11-13,15-16H2,1H3,(H,26,29)(H,30,31)/b10-7+/t19-,23?/m1/s1. The molecule has 10 heteroatoms. The second kappa shape index (κ2) is 11.3. The number of rotatable bonds is 8. The van der Waals surface area contributed by atoms with Crippen molar-refractivity contribution in [2.24, 2.45) is 0 Å². The third-order valence-corrected chi connectivity index (χ3v) is 5.87. The van der Waals surface area contributed by atoms with Crippen LogP contribution in [0.25, 0.3) is 6.08 Å². The molecule has 1 unspecified atom stereocenters. The topological polar surface area (TPSA) is 117 Å². The molecule has 2 aromatic rings. The Morgan fingerprint density at radius 3 is 2.85 bits per heavy atom. The second-order valence-corrected chi connectivity index (χ2v) is 8.51. The number of furan rings is 1. The molecule has 2 aliphatic heterocycles. The van der Waals surface area contributed by atoms with Gasteiger partial charge in [0, 0.05) is 38.4 Å². The molecule has 0 spiro atoms. The summed E-state index contributed by atoms with van der Waals surface area (Å²) in [6.45, 7) is 4.55. The molecule has 0 radical (unpaired) electrons. The number of likely N-dealkylation sites (tertiary alicyclic amines) is 1. The molecule has 2 fully saturated rings. The number of nitrogens with one attached hydrogen (secondary N) is 1. The van der Waals surface area contributed by atoms with Crippen LogP contribution in [0.2, 0.25) is 0 Å². The lowest BCUT2D eigenvalue weighted by molar-refractivity contribution is -0.198. The van der Waals surface area contributed by atoms with Crippen molar-refractivity contribution in [1.29, 1.82) is 0 Å². The van der Waals surface area contributed by atoms with Crippen LogP contribution in [0.15, 0.2) is 41.0 Å². The van der Waals surface area contributed by atoms with Crippen molar-refractivity contribution in [3.05, 3.63) is 53.6 Å². The summed E-state index contributed by atoms with van der Waals surface area (Å²) in [5, 5.41) is 9.84. The minimum absolute atomic E-state index is 0.201. The summed E-state index contributed by atoms with van der Waals surface area (Å²) >= 11 is 0. The first-order valence-corrected chi connectivity index (χ1v) is 11.5. The molecule has 2 aliphatic rings. The smallest absolute Gasteiger partial charge is 0.413 e. The maximum atomic E-state index is 12.0. The molecular weight excluding hydrogens is 440 g/mol. The first-order valence-electron chi connectivity index (χ1n) is 11.5. The number of anilines is 1. The number of carboxylic acid groups (broad SMARTS) is 1. The van der Waals surface area contributed by atoms with E-state index in [1.165, 1.54) is 11.0 Å². The van der Waals surface area contributed by atoms with Gasteiger partial charge in [-0.2, -0.15) is 0 Å². The van der Waals surface area contributed by atoms with E-state index in [1.54, 1.807) is 24.4 Å². The fourth-order valence-electron chi connectivity index (χ4n) is 4.17. The number of nitrogens with zero attached hydrogens (tertiary/aromatic N) is 3. The van der Waals surface area contributed by atoms with Crippen molar-refractivity contribution in [3.63, 3.8) is 0 Å². The number of ether oxygens (including phenoxy) is 1. The van der Waals surface area contributed by atoms with Gasteiger partial charge in [-0.1, -0.05) is 0 Å². The highest BCUT2D eigenvalue weighted by molar-refractivity contribution is 5.91. The number of hydrogen-bond donors (Lipinski definition) is 2. The third-order valence-electron chi connectivity index (χ3n) is 5.87. The highest BCUT2D eigenvalue weighted by Gasteiger charge is 2.32. The Hall–Kier alpha value is -3.21. The molecule has 2 amide bonds. The van der Waals surface area contributed by atoms with Gasteiger partial charge in [0.1, 0.15) is 17.3 Å². The molecule has 10 nitrogen and oxygen atoms in total. The zero-order valence-electron chi connectivity index (χ0n) is 19.2. The van der Waals surface area contributed by atoms with Gasteiger partial charge in [0.25, 0.3) is 5.91 Å². The predicted octanol–water partition coefficient (Wildman–Crippen LogP) is 3.33. The Labute approximate surface area is 198 Å². The Kier molecular flexibility index (Phi) is 7.94. The Morgan fingerprint density at radius 1 is 1.29 bits per heavy atom. The second-order valence-electron chi connectivity index (χ2n) is 8.51. The monoisotopic (exact) mass is 470 g/mol. The van der Waals surface area contributed by atoms with Gasteiger partial charge in [0.2, 0.25) is 0 Å². The lowest BCUT2D eigenvalue weighted by atomic mass is 10.2. The molecular formula is C24H30N4O6. The molecule has 2 N–H and O–H groups in total. The highest BCUT2D eigenvalue weighted by Crippen LogP contribution is 2.24. The number of amides is 2. The Bertz CT molecular complexity index is 999. The number of hydroxylamine groups is 1. The van der Waals surface area contributed by atoms with Crippen molar-refractivity contribution in [3.8, 4) is 0 Å². The highest BCUT2D eigenvalue weighted by atomic mass is 16.8. The van der Waals surface area contributed by atoms with Gasteiger partial charge in [-0.25, -0.2) is 20.1 Å². The van der Waals surface area contributed by atoms with Gasteiger partial charge < -0.3 is 14.3 Å². The van der Waals surface area contributed by atoms with E-state index in [9.17, 15) is 14.7 Å². The first kappa shape index (κ1) is 23.9. The Balaban J connectivity index is 1.31. The zero-order valence-corrected chi connectivity index (χ0v) is 19.2. The molecule has 2 atom stereocenters. The van der Waals surface area contributed by atoms with Gasteiger partial charge in [-0.05, 0) is 62.1 Å². The van der Waals surface area contributed by atoms with Crippen LogP contribution in [0.1, 0.15) is 42.8 Å². The zero-order chi connectivity index (χ0) is 23.9. The molecule has 2 saturated heterocycles. The van der Waals surface area contributed by atoms with Crippen LogP contribution < -0.4 is 10.4 Å². The Morgan fingerprint density at radius 2 is 2.18 bits per heavy atom. The van der Waals surface area contributed by atoms with E-state index >= 15 is 0 Å². The van der Waals surface area contributed by atoms with E-state index < -0.39 is 18.3 Å². The molecule has 0 saturated carbocycles. The number of aryl methyl sites for hydroxylation is 1. The largest absolute Gasteiger partial charge is 0.465 e. The van der Waals surface area contributed by atoms with Crippen LogP contribution in [-0.2, 0) is 20.9 Å². The maximum absolute atomic E-state index is 12.0. The summed E-state index contributed by atoms with van der Waals surface area (Å²) in [5.41, 5.74) is 3.02. The number of aromatic nitrogens is 1. The van der Waals surface area contributed by atoms with Gasteiger partial charge >= 0.3 is 6.09 Å². The van der Waals surface area contributed by atoms with Gasteiger partial charge in [-0.15, -0.1) is 0 Å². The molecule has 0 aliphatic carbocycles. The number of hydrogen-bond acceptors (Lipinski definition) is 7. The first-order chi connectivity index (χ1) is 16.5. The quantitative estimate of drug-likeness (QED) is 0.446. The fourth-order valence-corrected chi connectivity index (χ4v) is 4.17. The summed E-state index contributed by atoms with van der Waals surface area (Å²) in [5.74, 6) is 1.67. The molecule has 2 aromatic heterocycles. The van der Waals surface area contributed by atoms with E-state index in [-0.39, 0.29) is 6.04 Å². The van der Waals surface area contributed by atoms with Crippen molar-refractivity contribution >= 4 is 23.9 Å².